The van der Waals surface area contributed by atoms with Crippen LogP contribution in [0.2, 0.25) is 5.02 Å². The summed E-state index contributed by atoms with van der Waals surface area (Å²) >= 11 is 5.91. The Kier molecular flexibility index (Phi) is 3.99. The minimum absolute atomic E-state index is 0.108. The highest BCUT2D eigenvalue weighted by Gasteiger charge is 2.10. The Morgan fingerprint density at radius 3 is 2.60 bits per heavy atom. The van der Waals surface area contributed by atoms with E-state index in [1.54, 1.807) is 12.1 Å². The molecule has 0 aliphatic carbocycles. The summed E-state index contributed by atoms with van der Waals surface area (Å²) in [5.74, 6) is 0.108. The number of aryl methyl sites for hydroxylation is 1. The zero-order chi connectivity index (χ0) is 11.5. The Hall–Kier alpha value is -0.740. The number of halogens is 1. The number of hydrogen-bond acceptors (Lipinski definition) is 2. The molecular weight excluding hydrogens is 234 g/mol. The lowest BCUT2D eigenvalue weighted by atomic mass is 10.2. The van der Waals surface area contributed by atoms with Crippen molar-refractivity contribution in [1.29, 1.82) is 0 Å². The quantitative estimate of drug-likeness (QED) is 0.889. The second-order valence-electron chi connectivity index (χ2n) is 3.40. The molecule has 0 radical (unpaired) electrons. The van der Waals surface area contributed by atoms with Crippen LogP contribution in [0.5, 0.6) is 0 Å². The first-order valence-corrected chi connectivity index (χ1v) is 6.74. The number of anilines is 1. The van der Waals surface area contributed by atoms with E-state index in [9.17, 15) is 8.42 Å². The minimum Gasteiger partial charge on any atom is -0.282 e. The van der Waals surface area contributed by atoms with E-state index in [0.29, 0.717) is 17.1 Å². The fourth-order valence-corrected chi connectivity index (χ4v) is 2.68. The molecule has 0 bridgehead atoms. The number of nitrogens with one attached hydrogen (secondary N) is 1. The number of rotatable bonds is 4. The Morgan fingerprint density at radius 1 is 1.40 bits per heavy atom. The van der Waals surface area contributed by atoms with E-state index in [-0.39, 0.29) is 5.75 Å². The molecule has 1 aromatic carbocycles. The van der Waals surface area contributed by atoms with E-state index in [4.69, 9.17) is 11.6 Å². The zero-order valence-electron chi connectivity index (χ0n) is 8.75. The SMILES string of the molecule is CCCS(=O)(=O)Nc1ccc(C)cc1Cl. The maximum absolute atomic E-state index is 11.5. The van der Waals surface area contributed by atoms with Gasteiger partial charge in [0.05, 0.1) is 16.5 Å². The molecule has 0 saturated heterocycles. The molecule has 3 nitrogen and oxygen atoms in total. The summed E-state index contributed by atoms with van der Waals surface area (Å²) in [6.07, 6.45) is 0.582. The lowest BCUT2D eigenvalue weighted by Crippen LogP contribution is -2.16. The fourth-order valence-electron chi connectivity index (χ4n) is 1.19. The Morgan fingerprint density at radius 2 is 2.07 bits per heavy atom. The summed E-state index contributed by atoms with van der Waals surface area (Å²) in [7, 11) is -3.25. The summed E-state index contributed by atoms with van der Waals surface area (Å²) in [5, 5.41) is 0.426. The summed E-state index contributed by atoms with van der Waals surface area (Å²) < 4.78 is 25.4. The van der Waals surface area contributed by atoms with Crippen LogP contribution < -0.4 is 4.72 Å². The second-order valence-corrected chi connectivity index (χ2v) is 5.65. The summed E-state index contributed by atoms with van der Waals surface area (Å²) in [6.45, 7) is 3.71. The first-order chi connectivity index (χ1) is 6.94. The van der Waals surface area contributed by atoms with Gasteiger partial charge in [-0.2, -0.15) is 0 Å². The molecule has 0 saturated carbocycles. The summed E-state index contributed by atoms with van der Waals surface area (Å²) in [5.41, 5.74) is 1.44. The fraction of sp³-hybridized carbons (Fsp3) is 0.400. The molecule has 0 aliphatic rings. The third kappa shape index (κ3) is 3.72. The molecular formula is C10H14ClNO2S. The molecule has 0 aromatic heterocycles. The highest BCUT2D eigenvalue weighted by molar-refractivity contribution is 7.92. The molecule has 0 fully saturated rings. The van der Waals surface area contributed by atoms with Crippen LogP contribution in [0.1, 0.15) is 18.9 Å². The molecule has 0 unspecified atom stereocenters. The molecule has 0 atom stereocenters. The topological polar surface area (TPSA) is 46.2 Å². The largest absolute Gasteiger partial charge is 0.282 e. The highest BCUT2D eigenvalue weighted by atomic mass is 35.5. The molecule has 1 rings (SSSR count). The van der Waals surface area contributed by atoms with E-state index in [1.807, 2.05) is 19.9 Å². The molecule has 84 valence electrons. The van der Waals surface area contributed by atoms with Crippen LogP contribution in [0.15, 0.2) is 18.2 Å². The predicted molar refractivity (Wildman–Crippen MR) is 63.9 cm³/mol. The Labute approximate surface area is 95.5 Å². The van der Waals surface area contributed by atoms with Crippen LogP contribution in [0.4, 0.5) is 5.69 Å². The van der Waals surface area contributed by atoms with Gasteiger partial charge in [-0.3, -0.25) is 4.72 Å². The highest BCUT2D eigenvalue weighted by Crippen LogP contribution is 2.23. The van der Waals surface area contributed by atoms with E-state index in [2.05, 4.69) is 4.72 Å². The smallest absolute Gasteiger partial charge is 0.232 e. The zero-order valence-corrected chi connectivity index (χ0v) is 10.3. The maximum atomic E-state index is 11.5. The van der Waals surface area contributed by atoms with E-state index >= 15 is 0 Å². The average molecular weight is 248 g/mol. The van der Waals surface area contributed by atoms with Crippen molar-refractivity contribution >= 4 is 27.3 Å². The van der Waals surface area contributed by atoms with Crippen LogP contribution in [-0.2, 0) is 10.0 Å². The van der Waals surface area contributed by atoms with Crippen molar-refractivity contribution in [3.63, 3.8) is 0 Å². The van der Waals surface area contributed by atoms with Crippen molar-refractivity contribution in [2.45, 2.75) is 20.3 Å². The lowest BCUT2D eigenvalue weighted by Gasteiger charge is -2.08. The Balaban J connectivity index is 2.90. The van der Waals surface area contributed by atoms with Gasteiger partial charge in [-0.25, -0.2) is 8.42 Å². The van der Waals surface area contributed by atoms with Gasteiger partial charge in [-0.05, 0) is 31.0 Å². The number of benzene rings is 1. The van der Waals surface area contributed by atoms with Gasteiger partial charge in [-0.15, -0.1) is 0 Å². The van der Waals surface area contributed by atoms with Gasteiger partial charge in [-0.1, -0.05) is 24.6 Å². The number of sulfonamides is 1. The van der Waals surface area contributed by atoms with Gasteiger partial charge in [0.1, 0.15) is 0 Å². The molecule has 0 spiro atoms. The monoisotopic (exact) mass is 247 g/mol. The first kappa shape index (κ1) is 12.3. The van der Waals surface area contributed by atoms with Crippen LogP contribution in [-0.4, -0.2) is 14.2 Å². The molecule has 0 aliphatic heterocycles. The van der Waals surface area contributed by atoms with Crippen LogP contribution >= 0.6 is 11.6 Å². The third-order valence-electron chi connectivity index (χ3n) is 1.86. The Bertz CT molecular complexity index is 443. The number of hydrogen-bond donors (Lipinski definition) is 1. The van der Waals surface area contributed by atoms with Gasteiger partial charge in [0.15, 0.2) is 0 Å². The van der Waals surface area contributed by atoms with Crippen molar-refractivity contribution in [1.82, 2.24) is 0 Å². The molecule has 1 N–H and O–H groups in total. The van der Waals surface area contributed by atoms with Gasteiger partial charge in [0.2, 0.25) is 10.0 Å². The van der Waals surface area contributed by atoms with Crippen LogP contribution in [0, 0.1) is 6.92 Å². The second kappa shape index (κ2) is 4.86. The predicted octanol–water partition coefficient (Wildman–Crippen LogP) is 2.80. The molecule has 5 heteroatoms. The van der Waals surface area contributed by atoms with Gasteiger partial charge in [0.25, 0.3) is 0 Å². The van der Waals surface area contributed by atoms with Crippen molar-refractivity contribution in [3.8, 4) is 0 Å². The lowest BCUT2D eigenvalue weighted by molar-refractivity contribution is 0.600. The average Bonchev–Trinajstić information content (AvgIpc) is 2.09. The van der Waals surface area contributed by atoms with E-state index in [1.165, 1.54) is 0 Å². The summed E-state index contributed by atoms with van der Waals surface area (Å²) in [4.78, 5) is 0. The van der Waals surface area contributed by atoms with Crippen molar-refractivity contribution < 1.29 is 8.42 Å². The normalized spacial score (nSPS) is 11.4. The van der Waals surface area contributed by atoms with Crippen LogP contribution in [0.3, 0.4) is 0 Å². The summed E-state index contributed by atoms with van der Waals surface area (Å²) in [6, 6.07) is 5.21. The van der Waals surface area contributed by atoms with Crippen molar-refractivity contribution in [2.24, 2.45) is 0 Å². The van der Waals surface area contributed by atoms with Crippen molar-refractivity contribution in [2.75, 3.05) is 10.5 Å². The first-order valence-electron chi connectivity index (χ1n) is 4.71. The molecule has 0 heterocycles. The van der Waals surface area contributed by atoms with E-state index < -0.39 is 10.0 Å². The van der Waals surface area contributed by atoms with E-state index in [0.717, 1.165) is 5.56 Å². The standard InChI is InChI=1S/C10H14ClNO2S/c1-3-6-15(13,14)12-10-5-4-8(2)7-9(10)11/h4-5,7,12H,3,6H2,1-2H3. The molecule has 1 aromatic rings. The molecule has 15 heavy (non-hydrogen) atoms. The van der Waals surface area contributed by atoms with Crippen LogP contribution in [0.25, 0.3) is 0 Å². The molecule has 0 amide bonds. The van der Waals surface area contributed by atoms with Crippen molar-refractivity contribution in [3.05, 3.63) is 28.8 Å². The minimum atomic E-state index is -3.25. The third-order valence-corrected chi connectivity index (χ3v) is 3.65. The maximum Gasteiger partial charge on any atom is 0.232 e. The van der Waals surface area contributed by atoms with Gasteiger partial charge >= 0.3 is 0 Å². The van der Waals surface area contributed by atoms with Gasteiger partial charge in [0, 0.05) is 0 Å². The van der Waals surface area contributed by atoms with Gasteiger partial charge < -0.3 is 0 Å².